The number of carbonyl (C=O) groups excluding carboxylic acids is 1. The summed E-state index contributed by atoms with van der Waals surface area (Å²) in [5.41, 5.74) is 0.481. The van der Waals surface area contributed by atoms with Gasteiger partial charge >= 0.3 is 0 Å². The highest BCUT2D eigenvalue weighted by atomic mass is 79.9. The normalized spacial score (nSPS) is 10.0. The number of pyridine rings is 2. The lowest BCUT2D eigenvalue weighted by Crippen LogP contribution is -2.13. The number of aromatic nitrogens is 2. The number of nitrogens with one attached hydrogen (secondary N) is 1. The number of hydrogen-bond acceptors (Lipinski definition) is 3. The number of carbonyl (C=O) groups is 1. The van der Waals surface area contributed by atoms with Gasteiger partial charge in [-0.3, -0.25) is 4.79 Å². The zero-order chi connectivity index (χ0) is 12.3. The maximum atomic E-state index is 11.8. The monoisotopic (exact) mass is 355 g/mol. The van der Waals surface area contributed by atoms with Gasteiger partial charge in [0.25, 0.3) is 5.91 Å². The smallest absolute Gasteiger partial charge is 0.258 e. The summed E-state index contributed by atoms with van der Waals surface area (Å²) in [5, 5.41) is 2.68. The molecule has 1 N–H and O–H groups in total. The Bertz CT molecular complexity index is 543. The molecule has 0 aliphatic rings. The number of anilines is 1. The van der Waals surface area contributed by atoms with E-state index in [0.29, 0.717) is 20.6 Å². The lowest BCUT2D eigenvalue weighted by molar-refractivity contribution is 0.102. The third-order valence-electron chi connectivity index (χ3n) is 1.95. The minimum absolute atomic E-state index is 0.240. The quantitative estimate of drug-likeness (QED) is 0.840. The maximum absolute atomic E-state index is 11.8. The molecule has 2 rings (SSSR count). The highest BCUT2D eigenvalue weighted by Gasteiger charge is 2.07. The van der Waals surface area contributed by atoms with Gasteiger partial charge in [-0.25, -0.2) is 9.97 Å². The molecular weight excluding hydrogens is 350 g/mol. The summed E-state index contributed by atoms with van der Waals surface area (Å²) in [5.74, 6) is 0.253. The summed E-state index contributed by atoms with van der Waals surface area (Å²) in [6, 6.07) is 8.70. The molecule has 0 saturated heterocycles. The molecule has 0 unspecified atom stereocenters. The number of amides is 1. The van der Waals surface area contributed by atoms with Gasteiger partial charge < -0.3 is 5.32 Å². The molecule has 17 heavy (non-hydrogen) atoms. The minimum atomic E-state index is -0.240. The van der Waals surface area contributed by atoms with E-state index >= 15 is 0 Å². The van der Waals surface area contributed by atoms with Gasteiger partial charge in [0.05, 0.1) is 5.56 Å². The Balaban J connectivity index is 2.14. The standard InChI is InChI=1S/C11H7Br2N3O/c12-8-5-4-7(6-14-8)11(17)16-10-3-1-2-9(13)15-10/h1-6H,(H,15,16,17). The van der Waals surface area contributed by atoms with E-state index in [1.807, 2.05) is 0 Å². The van der Waals surface area contributed by atoms with Crippen molar-refractivity contribution >= 4 is 43.6 Å². The molecule has 0 aliphatic heterocycles. The third-order valence-corrected chi connectivity index (χ3v) is 2.86. The molecule has 0 spiro atoms. The van der Waals surface area contributed by atoms with Crippen molar-refractivity contribution in [2.24, 2.45) is 0 Å². The van der Waals surface area contributed by atoms with E-state index in [-0.39, 0.29) is 5.91 Å². The van der Waals surface area contributed by atoms with Gasteiger partial charge in [0.2, 0.25) is 0 Å². The first-order valence-electron chi connectivity index (χ1n) is 4.70. The Morgan fingerprint density at radius 1 is 1.12 bits per heavy atom. The van der Waals surface area contributed by atoms with Crippen molar-refractivity contribution in [3.05, 3.63) is 51.3 Å². The van der Waals surface area contributed by atoms with Gasteiger partial charge in [-0.2, -0.15) is 0 Å². The van der Waals surface area contributed by atoms with Crippen LogP contribution in [0.4, 0.5) is 5.82 Å². The van der Waals surface area contributed by atoms with Crippen molar-refractivity contribution in [2.75, 3.05) is 5.32 Å². The minimum Gasteiger partial charge on any atom is -0.306 e. The van der Waals surface area contributed by atoms with Crippen LogP contribution >= 0.6 is 31.9 Å². The van der Waals surface area contributed by atoms with Gasteiger partial charge in [0.15, 0.2) is 0 Å². The second-order valence-electron chi connectivity index (χ2n) is 3.17. The molecule has 0 aliphatic carbocycles. The van der Waals surface area contributed by atoms with Crippen LogP contribution in [-0.2, 0) is 0 Å². The Kier molecular flexibility index (Phi) is 3.86. The fourth-order valence-electron chi connectivity index (χ4n) is 1.18. The molecule has 0 fully saturated rings. The van der Waals surface area contributed by atoms with E-state index in [9.17, 15) is 4.79 Å². The Hall–Kier alpha value is -1.27. The Morgan fingerprint density at radius 2 is 1.94 bits per heavy atom. The number of halogens is 2. The van der Waals surface area contributed by atoms with Crippen molar-refractivity contribution in [1.29, 1.82) is 0 Å². The lowest BCUT2D eigenvalue weighted by Gasteiger charge is -2.04. The SMILES string of the molecule is O=C(Nc1cccc(Br)n1)c1ccc(Br)nc1. The molecule has 0 atom stereocenters. The summed E-state index contributed by atoms with van der Waals surface area (Å²) in [4.78, 5) is 19.9. The summed E-state index contributed by atoms with van der Waals surface area (Å²) >= 11 is 6.45. The van der Waals surface area contributed by atoms with E-state index < -0.39 is 0 Å². The van der Waals surface area contributed by atoms with Crippen molar-refractivity contribution in [3.8, 4) is 0 Å². The summed E-state index contributed by atoms with van der Waals surface area (Å²) in [6.45, 7) is 0. The van der Waals surface area contributed by atoms with Crippen molar-refractivity contribution < 1.29 is 4.79 Å². The van der Waals surface area contributed by atoms with Crippen LogP contribution in [0.3, 0.4) is 0 Å². The molecule has 2 aromatic rings. The highest BCUT2D eigenvalue weighted by molar-refractivity contribution is 9.10. The topological polar surface area (TPSA) is 54.9 Å². The average Bonchev–Trinajstić information content (AvgIpc) is 2.29. The summed E-state index contributed by atoms with van der Waals surface area (Å²) in [6.07, 6.45) is 1.50. The predicted octanol–water partition coefficient (Wildman–Crippen LogP) is 3.25. The first-order chi connectivity index (χ1) is 8.15. The van der Waals surface area contributed by atoms with Crippen LogP contribution in [0.1, 0.15) is 10.4 Å². The van der Waals surface area contributed by atoms with Crippen molar-refractivity contribution in [2.45, 2.75) is 0 Å². The fraction of sp³-hybridized carbons (Fsp3) is 0. The fourth-order valence-corrected chi connectivity index (χ4v) is 1.75. The van der Waals surface area contributed by atoms with E-state index in [2.05, 4.69) is 47.1 Å². The van der Waals surface area contributed by atoms with Crippen molar-refractivity contribution in [3.63, 3.8) is 0 Å². The van der Waals surface area contributed by atoms with Crippen molar-refractivity contribution in [1.82, 2.24) is 9.97 Å². The van der Waals surface area contributed by atoms with Crippen LogP contribution in [0, 0.1) is 0 Å². The number of nitrogens with zero attached hydrogens (tertiary/aromatic N) is 2. The molecule has 86 valence electrons. The van der Waals surface area contributed by atoms with Crippen LogP contribution in [0.15, 0.2) is 45.7 Å². The summed E-state index contributed by atoms with van der Waals surface area (Å²) < 4.78 is 1.36. The van der Waals surface area contributed by atoms with E-state index in [0.717, 1.165) is 0 Å². The zero-order valence-electron chi connectivity index (χ0n) is 8.52. The molecule has 4 nitrogen and oxygen atoms in total. The molecule has 0 saturated carbocycles. The van der Waals surface area contributed by atoms with Crippen LogP contribution in [0.5, 0.6) is 0 Å². The van der Waals surface area contributed by atoms with Gasteiger partial charge in [-0.05, 0) is 56.1 Å². The van der Waals surface area contributed by atoms with Crippen LogP contribution < -0.4 is 5.32 Å². The largest absolute Gasteiger partial charge is 0.306 e. The van der Waals surface area contributed by atoms with Crippen LogP contribution in [0.2, 0.25) is 0 Å². The second kappa shape index (κ2) is 5.37. The van der Waals surface area contributed by atoms with E-state index in [1.54, 1.807) is 30.3 Å². The molecule has 1 amide bonds. The molecule has 0 radical (unpaired) electrons. The summed E-state index contributed by atoms with van der Waals surface area (Å²) in [7, 11) is 0. The Morgan fingerprint density at radius 3 is 2.59 bits per heavy atom. The lowest BCUT2D eigenvalue weighted by atomic mass is 10.3. The first-order valence-corrected chi connectivity index (χ1v) is 6.29. The predicted molar refractivity (Wildman–Crippen MR) is 71.8 cm³/mol. The molecule has 0 aromatic carbocycles. The van der Waals surface area contributed by atoms with E-state index in [1.165, 1.54) is 6.20 Å². The maximum Gasteiger partial charge on any atom is 0.258 e. The number of rotatable bonds is 2. The first kappa shape index (κ1) is 12.2. The molecule has 0 bridgehead atoms. The second-order valence-corrected chi connectivity index (χ2v) is 4.79. The number of hydrogen-bond donors (Lipinski definition) is 1. The van der Waals surface area contributed by atoms with Gasteiger partial charge in [0.1, 0.15) is 15.0 Å². The van der Waals surface area contributed by atoms with Gasteiger partial charge in [0, 0.05) is 6.20 Å². The van der Waals surface area contributed by atoms with Crippen LogP contribution in [0.25, 0.3) is 0 Å². The molecule has 2 heterocycles. The zero-order valence-corrected chi connectivity index (χ0v) is 11.7. The molecule has 2 aromatic heterocycles. The van der Waals surface area contributed by atoms with Gasteiger partial charge in [-0.1, -0.05) is 6.07 Å². The molecule has 6 heteroatoms. The van der Waals surface area contributed by atoms with Crippen LogP contribution in [-0.4, -0.2) is 15.9 Å². The highest BCUT2D eigenvalue weighted by Crippen LogP contribution is 2.12. The average molecular weight is 357 g/mol. The third kappa shape index (κ3) is 3.34. The Labute approximate surface area is 115 Å². The van der Waals surface area contributed by atoms with Gasteiger partial charge in [-0.15, -0.1) is 0 Å². The molecular formula is C11H7Br2N3O. The van der Waals surface area contributed by atoms with E-state index in [4.69, 9.17) is 0 Å².